The molecule has 132 valence electrons. The number of nitrogens with one attached hydrogen (secondary N) is 2. The van der Waals surface area contributed by atoms with Gasteiger partial charge in [-0.1, -0.05) is 12.1 Å². The van der Waals surface area contributed by atoms with E-state index in [4.69, 9.17) is 4.74 Å². The van der Waals surface area contributed by atoms with Crippen LogP contribution in [-0.4, -0.2) is 28.3 Å². The van der Waals surface area contributed by atoms with E-state index >= 15 is 0 Å². The van der Waals surface area contributed by atoms with E-state index in [-0.39, 0.29) is 16.8 Å². The first-order valence-electron chi connectivity index (χ1n) is 7.40. The highest BCUT2D eigenvalue weighted by atomic mass is 32.1. The Morgan fingerprint density at radius 2 is 1.92 bits per heavy atom. The molecular formula is C17H13FN4O3S. The van der Waals surface area contributed by atoms with E-state index in [1.807, 2.05) is 0 Å². The molecule has 7 nitrogen and oxygen atoms in total. The molecule has 0 radical (unpaired) electrons. The van der Waals surface area contributed by atoms with Crippen molar-refractivity contribution in [2.45, 2.75) is 0 Å². The van der Waals surface area contributed by atoms with Crippen molar-refractivity contribution in [3.63, 3.8) is 0 Å². The lowest BCUT2D eigenvalue weighted by molar-refractivity contribution is 0.103. The van der Waals surface area contributed by atoms with E-state index in [0.29, 0.717) is 10.9 Å². The van der Waals surface area contributed by atoms with Gasteiger partial charge in [0.2, 0.25) is 5.13 Å². The lowest BCUT2D eigenvalue weighted by atomic mass is 10.0. The summed E-state index contributed by atoms with van der Waals surface area (Å²) < 4.78 is 22.7. The Morgan fingerprint density at radius 3 is 2.65 bits per heavy atom. The highest BCUT2D eigenvalue weighted by molar-refractivity contribution is 7.09. The van der Waals surface area contributed by atoms with Crippen molar-refractivity contribution in [2.75, 3.05) is 17.7 Å². The molecule has 0 aliphatic carbocycles. The van der Waals surface area contributed by atoms with Crippen molar-refractivity contribution in [3.05, 3.63) is 65.7 Å². The average molecular weight is 372 g/mol. The number of aromatic nitrogens is 2. The molecule has 0 aliphatic heterocycles. The molecule has 26 heavy (non-hydrogen) atoms. The SMILES string of the molecule is COc1ccccc1C(=O)c1cc(F)ccc1NC(=O)Nc1ncns1. The van der Waals surface area contributed by atoms with Gasteiger partial charge in [0.1, 0.15) is 17.9 Å². The largest absolute Gasteiger partial charge is 0.496 e. The quantitative estimate of drug-likeness (QED) is 0.668. The van der Waals surface area contributed by atoms with E-state index in [0.717, 1.165) is 23.7 Å². The number of carbonyl (C=O) groups excluding carboxylic acids is 2. The van der Waals surface area contributed by atoms with Crippen LogP contribution in [0.25, 0.3) is 0 Å². The van der Waals surface area contributed by atoms with Crippen molar-refractivity contribution in [2.24, 2.45) is 0 Å². The Kier molecular flexibility index (Phi) is 5.18. The summed E-state index contributed by atoms with van der Waals surface area (Å²) in [6.45, 7) is 0. The Morgan fingerprint density at radius 1 is 1.12 bits per heavy atom. The number of ketones is 1. The van der Waals surface area contributed by atoms with Crippen molar-refractivity contribution in [1.82, 2.24) is 9.36 Å². The molecule has 0 saturated carbocycles. The standard InChI is InChI=1S/C17H13FN4O3S/c1-25-14-5-3-2-4-11(14)15(23)12-8-10(18)6-7-13(12)21-16(24)22-17-19-9-20-26-17/h2-9H,1H3,(H2,19,20,21,22,24). The van der Waals surface area contributed by atoms with Gasteiger partial charge in [-0.15, -0.1) is 0 Å². The molecule has 0 fully saturated rings. The highest BCUT2D eigenvalue weighted by Gasteiger charge is 2.19. The first kappa shape index (κ1) is 17.5. The van der Waals surface area contributed by atoms with E-state index in [1.165, 1.54) is 19.5 Å². The van der Waals surface area contributed by atoms with Crippen molar-refractivity contribution < 1.29 is 18.7 Å². The maximum Gasteiger partial charge on any atom is 0.325 e. The van der Waals surface area contributed by atoms with Gasteiger partial charge in [-0.05, 0) is 30.3 Å². The van der Waals surface area contributed by atoms with Gasteiger partial charge in [-0.3, -0.25) is 10.1 Å². The average Bonchev–Trinajstić information content (AvgIpc) is 3.15. The minimum absolute atomic E-state index is 0.00177. The van der Waals surface area contributed by atoms with Gasteiger partial charge in [0.05, 0.1) is 18.4 Å². The molecule has 1 aromatic heterocycles. The predicted octanol–water partition coefficient (Wildman–Crippen LogP) is 3.56. The van der Waals surface area contributed by atoms with Crippen LogP contribution in [0.5, 0.6) is 5.75 Å². The van der Waals surface area contributed by atoms with Gasteiger partial charge in [-0.2, -0.15) is 4.37 Å². The first-order valence-corrected chi connectivity index (χ1v) is 8.18. The van der Waals surface area contributed by atoms with Gasteiger partial charge in [0, 0.05) is 17.1 Å². The monoisotopic (exact) mass is 372 g/mol. The second-order valence-corrected chi connectivity index (χ2v) is 5.82. The van der Waals surface area contributed by atoms with Gasteiger partial charge in [-0.25, -0.2) is 14.2 Å². The van der Waals surface area contributed by atoms with Crippen LogP contribution in [0.4, 0.5) is 20.0 Å². The number of hydrogen-bond acceptors (Lipinski definition) is 6. The Hall–Kier alpha value is -3.33. The van der Waals surface area contributed by atoms with Crippen molar-refractivity contribution in [3.8, 4) is 5.75 Å². The predicted molar refractivity (Wildman–Crippen MR) is 95.4 cm³/mol. The van der Waals surface area contributed by atoms with Crippen LogP contribution in [0.1, 0.15) is 15.9 Å². The number of benzene rings is 2. The Labute approximate surface area is 152 Å². The minimum Gasteiger partial charge on any atom is -0.496 e. The number of amides is 2. The molecule has 0 saturated heterocycles. The summed E-state index contributed by atoms with van der Waals surface area (Å²) in [5, 5.41) is 5.30. The smallest absolute Gasteiger partial charge is 0.325 e. The molecule has 3 aromatic rings. The third-order valence-corrected chi connectivity index (χ3v) is 3.99. The highest BCUT2D eigenvalue weighted by Crippen LogP contribution is 2.26. The molecule has 2 N–H and O–H groups in total. The summed E-state index contributed by atoms with van der Waals surface area (Å²) in [5.74, 6) is -0.725. The van der Waals surface area contributed by atoms with Crippen LogP contribution in [0.15, 0.2) is 48.8 Å². The number of ether oxygens (including phenoxy) is 1. The molecule has 1 heterocycles. The van der Waals surface area contributed by atoms with Gasteiger partial charge in [0.25, 0.3) is 0 Å². The third kappa shape index (κ3) is 3.83. The summed E-state index contributed by atoms with van der Waals surface area (Å²) in [4.78, 5) is 28.8. The van der Waals surface area contributed by atoms with Crippen molar-refractivity contribution in [1.29, 1.82) is 0 Å². The fourth-order valence-electron chi connectivity index (χ4n) is 2.27. The molecule has 9 heteroatoms. The summed E-state index contributed by atoms with van der Waals surface area (Å²) >= 11 is 1.00. The number of para-hydroxylation sites is 1. The van der Waals surface area contributed by atoms with Gasteiger partial charge < -0.3 is 10.1 Å². The lowest BCUT2D eigenvalue weighted by Gasteiger charge is -2.12. The maximum absolute atomic E-state index is 13.7. The van der Waals surface area contributed by atoms with Crippen LogP contribution in [0.2, 0.25) is 0 Å². The summed E-state index contributed by atoms with van der Waals surface area (Å²) in [6.07, 6.45) is 1.30. The molecular weight excluding hydrogens is 359 g/mol. The fraction of sp³-hybridized carbons (Fsp3) is 0.0588. The molecule has 0 atom stereocenters. The number of carbonyl (C=O) groups is 2. The minimum atomic E-state index is -0.623. The van der Waals surface area contributed by atoms with E-state index in [2.05, 4.69) is 20.0 Å². The van der Waals surface area contributed by atoms with Crippen LogP contribution in [0, 0.1) is 5.82 Å². The molecule has 0 unspecified atom stereocenters. The molecule has 3 rings (SSSR count). The van der Waals surface area contributed by atoms with E-state index in [9.17, 15) is 14.0 Å². The molecule has 2 amide bonds. The summed E-state index contributed by atoms with van der Waals surface area (Å²) in [6, 6.07) is 9.49. The van der Waals surface area contributed by atoms with Gasteiger partial charge >= 0.3 is 6.03 Å². The number of methoxy groups -OCH3 is 1. The van der Waals surface area contributed by atoms with Crippen LogP contribution >= 0.6 is 11.5 Å². The zero-order chi connectivity index (χ0) is 18.5. The van der Waals surface area contributed by atoms with E-state index < -0.39 is 17.6 Å². The number of halogens is 1. The molecule has 0 aliphatic rings. The third-order valence-electron chi connectivity index (χ3n) is 3.41. The number of hydrogen-bond donors (Lipinski definition) is 2. The van der Waals surface area contributed by atoms with Crippen LogP contribution in [0.3, 0.4) is 0 Å². The maximum atomic E-state index is 13.7. The zero-order valence-electron chi connectivity index (χ0n) is 13.5. The fourth-order valence-corrected chi connectivity index (χ4v) is 2.70. The normalized spacial score (nSPS) is 10.2. The van der Waals surface area contributed by atoms with Gasteiger partial charge in [0.15, 0.2) is 5.78 Å². The summed E-state index contributed by atoms with van der Waals surface area (Å²) in [5.41, 5.74) is 0.416. The zero-order valence-corrected chi connectivity index (χ0v) is 14.3. The van der Waals surface area contributed by atoms with Crippen LogP contribution < -0.4 is 15.4 Å². The first-order chi connectivity index (χ1) is 12.6. The Balaban J connectivity index is 1.90. The second-order valence-electron chi connectivity index (χ2n) is 5.04. The van der Waals surface area contributed by atoms with Crippen LogP contribution in [-0.2, 0) is 0 Å². The molecule has 0 bridgehead atoms. The number of nitrogens with zero attached hydrogens (tertiary/aromatic N) is 2. The second kappa shape index (κ2) is 7.70. The number of anilines is 2. The molecule has 2 aromatic carbocycles. The molecule has 0 spiro atoms. The van der Waals surface area contributed by atoms with E-state index in [1.54, 1.807) is 24.3 Å². The van der Waals surface area contributed by atoms with Crippen molar-refractivity contribution >= 4 is 34.2 Å². The topological polar surface area (TPSA) is 93.2 Å². The number of urea groups is 1. The summed E-state index contributed by atoms with van der Waals surface area (Å²) in [7, 11) is 1.44. The lowest BCUT2D eigenvalue weighted by Crippen LogP contribution is -2.21. The Bertz CT molecular complexity index is 947. The number of rotatable bonds is 5.